The molecule has 194 valence electrons. The zero-order valence-electron chi connectivity index (χ0n) is 20.7. The third-order valence-corrected chi connectivity index (χ3v) is 6.85. The number of methoxy groups -OCH3 is 2. The number of benzene rings is 2. The van der Waals surface area contributed by atoms with Gasteiger partial charge in [-0.05, 0) is 67.6 Å². The van der Waals surface area contributed by atoms with Gasteiger partial charge in [-0.2, -0.15) is 0 Å². The van der Waals surface area contributed by atoms with Crippen molar-refractivity contribution in [2.75, 3.05) is 72.0 Å². The van der Waals surface area contributed by atoms with Crippen LogP contribution in [-0.4, -0.2) is 98.5 Å². The number of halogens is 1. The van der Waals surface area contributed by atoms with Crippen molar-refractivity contribution in [1.82, 2.24) is 14.7 Å². The number of carbonyl (C=O) groups is 1. The summed E-state index contributed by atoms with van der Waals surface area (Å²) in [5.74, 6) is 0.866. The molecule has 2 heterocycles. The number of thiocarbonyl (C=S) groups is 1. The van der Waals surface area contributed by atoms with E-state index >= 15 is 0 Å². The predicted molar refractivity (Wildman–Crippen MR) is 140 cm³/mol. The number of rotatable bonds is 6. The molecule has 1 N–H and O–H groups in total. The smallest absolute Gasteiger partial charge is 0.254 e. The minimum Gasteiger partial charge on any atom is -0.493 e. The van der Waals surface area contributed by atoms with Crippen LogP contribution in [0.2, 0.25) is 0 Å². The van der Waals surface area contributed by atoms with E-state index in [9.17, 15) is 9.18 Å². The summed E-state index contributed by atoms with van der Waals surface area (Å²) in [6.07, 6.45) is 0.903. The topological polar surface area (TPSA) is 66.5 Å². The molecule has 36 heavy (non-hydrogen) atoms. The number of ether oxygens (including phenoxy) is 3. The molecule has 4 rings (SSSR count). The number of carbonyl (C=O) groups excluding carboxylic acids is 1. The molecule has 1 atom stereocenters. The number of amides is 1. The van der Waals surface area contributed by atoms with E-state index in [1.165, 1.54) is 12.1 Å². The van der Waals surface area contributed by atoms with Crippen molar-refractivity contribution in [2.45, 2.75) is 12.5 Å². The lowest BCUT2D eigenvalue weighted by atomic mass is 10.1. The number of hydrogen-bond donors (Lipinski definition) is 1. The van der Waals surface area contributed by atoms with Crippen molar-refractivity contribution in [2.24, 2.45) is 0 Å². The lowest BCUT2D eigenvalue weighted by Crippen LogP contribution is -2.51. The number of morpholine rings is 1. The second-order valence-corrected chi connectivity index (χ2v) is 9.28. The van der Waals surface area contributed by atoms with Gasteiger partial charge in [0.25, 0.3) is 5.91 Å². The van der Waals surface area contributed by atoms with Gasteiger partial charge in [0, 0.05) is 50.5 Å². The van der Waals surface area contributed by atoms with Crippen molar-refractivity contribution in [3.63, 3.8) is 0 Å². The summed E-state index contributed by atoms with van der Waals surface area (Å²) in [6.45, 7) is 5.77. The SMILES string of the molecule is COc1ccc(C(=O)N2CCCN(CC3CN(C(=S)Nc4ccc(F)cc4)CCO3)CC2)cc1OC. The quantitative estimate of drug-likeness (QED) is 0.588. The molecule has 0 saturated carbocycles. The Hall–Kier alpha value is -2.95. The summed E-state index contributed by atoms with van der Waals surface area (Å²) in [6, 6.07) is 11.4. The number of anilines is 1. The van der Waals surface area contributed by atoms with Gasteiger partial charge in [-0.25, -0.2) is 4.39 Å². The van der Waals surface area contributed by atoms with Crippen LogP contribution in [0.4, 0.5) is 10.1 Å². The first-order valence-corrected chi connectivity index (χ1v) is 12.5. The van der Waals surface area contributed by atoms with Gasteiger partial charge in [0.05, 0.1) is 26.9 Å². The molecule has 2 aromatic carbocycles. The molecular weight excluding hydrogens is 483 g/mol. The minimum atomic E-state index is -0.278. The summed E-state index contributed by atoms with van der Waals surface area (Å²) in [7, 11) is 3.14. The van der Waals surface area contributed by atoms with E-state index in [1.807, 2.05) is 4.90 Å². The zero-order chi connectivity index (χ0) is 25.5. The fourth-order valence-electron chi connectivity index (χ4n) is 4.55. The second-order valence-electron chi connectivity index (χ2n) is 8.89. The van der Waals surface area contributed by atoms with Crippen molar-refractivity contribution in [1.29, 1.82) is 0 Å². The maximum absolute atomic E-state index is 13.2. The maximum Gasteiger partial charge on any atom is 0.254 e. The molecule has 2 fully saturated rings. The molecule has 1 amide bonds. The highest BCUT2D eigenvalue weighted by molar-refractivity contribution is 7.80. The number of nitrogens with zero attached hydrogens (tertiary/aromatic N) is 3. The Morgan fingerprint density at radius 2 is 1.81 bits per heavy atom. The fraction of sp³-hybridized carbons (Fsp3) is 0.462. The van der Waals surface area contributed by atoms with Crippen LogP contribution in [0.3, 0.4) is 0 Å². The third-order valence-electron chi connectivity index (χ3n) is 6.49. The molecule has 2 saturated heterocycles. The zero-order valence-corrected chi connectivity index (χ0v) is 21.6. The van der Waals surface area contributed by atoms with E-state index in [4.69, 9.17) is 26.4 Å². The van der Waals surface area contributed by atoms with Crippen LogP contribution in [0.1, 0.15) is 16.8 Å². The van der Waals surface area contributed by atoms with Crippen LogP contribution in [0, 0.1) is 5.82 Å². The number of nitrogens with one attached hydrogen (secondary N) is 1. The molecule has 8 nitrogen and oxygen atoms in total. The lowest BCUT2D eigenvalue weighted by Gasteiger charge is -2.36. The monoisotopic (exact) mass is 516 g/mol. The summed E-state index contributed by atoms with van der Waals surface area (Å²) < 4.78 is 29.8. The molecule has 0 spiro atoms. The molecule has 0 radical (unpaired) electrons. The summed E-state index contributed by atoms with van der Waals surface area (Å²) >= 11 is 5.58. The van der Waals surface area contributed by atoms with Crippen LogP contribution in [-0.2, 0) is 4.74 Å². The first-order chi connectivity index (χ1) is 17.5. The van der Waals surface area contributed by atoms with Gasteiger partial charge in [-0.15, -0.1) is 0 Å². The van der Waals surface area contributed by atoms with Gasteiger partial charge in [0.1, 0.15) is 5.82 Å². The van der Waals surface area contributed by atoms with Crippen LogP contribution in [0.5, 0.6) is 11.5 Å². The standard InChI is InChI=1S/C26H33FN4O4S/c1-33-23-9-4-19(16-24(23)34-2)25(32)30-11-3-10-29(12-13-30)17-22-18-31(14-15-35-22)26(36)28-21-7-5-20(27)6-8-21/h4-9,16,22H,3,10-15,17-18H2,1-2H3,(H,28,36). The molecule has 10 heteroatoms. The molecular formula is C26H33FN4O4S. The molecule has 0 aromatic heterocycles. The van der Waals surface area contributed by atoms with Crippen molar-refractivity contribution >= 4 is 28.9 Å². The molecule has 0 bridgehead atoms. The summed E-state index contributed by atoms with van der Waals surface area (Å²) in [5, 5.41) is 3.79. The molecule has 2 aliphatic heterocycles. The van der Waals surface area contributed by atoms with E-state index in [1.54, 1.807) is 44.6 Å². The van der Waals surface area contributed by atoms with Gasteiger partial charge < -0.3 is 29.3 Å². The summed E-state index contributed by atoms with van der Waals surface area (Å²) in [5.41, 5.74) is 1.35. The minimum absolute atomic E-state index is 0.00453. The van der Waals surface area contributed by atoms with Gasteiger partial charge >= 0.3 is 0 Å². The molecule has 1 unspecified atom stereocenters. The highest BCUT2D eigenvalue weighted by Crippen LogP contribution is 2.28. The first kappa shape index (κ1) is 26.1. The first-order valence-electron chi connectivity index (χ1n) is 12.1. The third kappa shape index (κ3) is 6.63. The van der Waals surface area contributed by atoms with Crippen LogP contribution in [0.15, 0.2) is 42.5 Å². The van der Waals surface area contributed by atoms with Crippen LogP contribution >= 0.6 is 12.2 Å². The summed E-state index contributed by atoms with van der Waals surface area (Å²) in [4.78, 5) is 19.5. The van der Waals surface area contributed by atoms with Crippen LogP contribution in [0.25, 0.3) is 0 Å². The van der Waals surface area contributed by atoms with Crippen molar-refractivity contribution < 1.29 is 23.4 Å². The van der Waals surface area contributed by atoms with E-state index in [0.717, 1.165) is 31.7 Å². The maximum atomic E-state index is 13.2. The highest BCUT2D eigenvalue weighted by atomic mass is 32.1. The van der Waals surface area contributed by atoms with E-state index in [2.05, 4.69) is 15.1 Å². The van der Waals surface area contributed by atoms with Gasteiger partial charge in [-0.1, -0.05) is 0 Å². The molecule has 2 aromatic rings. The fourth-order valence-corrected chi connectivity index (χ4v) is 4.83. The number of hydrogen-bond acceptors (Lipinski definition) is 6. The Balaban J connectivity index is 1.29. The largest absolute Gasteiger partial charge is 0.493 e. The van der Waals surface area contributed by atoms with Crippen molar-refractivity contribution in [3.8, 4) is 11.5 Å². The van der Waals surface area contributed by atoms with Gasteiger partial charge in [0.15, 0.2) is 16.6 Å². The normalized spacial score (nSPS) is 18.9. The van der Waals surface area contributed by atoms with Gasteiger partial charge in [-0.3, -0.25) is 9.69 Å². The Labute approximate surface area is 216 Å². The average Bonchev–Trinajstić information content (AvgIpc) is 3.14. The average molecular weight is 517 g/mol. The Morgan fingerprint density at radius 3 is 2.56 bits per heavy atom. The second kappa shape index (κ2) is 12.3. The van der Waals surface area contributed by atoms with E-state index < -0.39 is 0 Å². The Bertz CT molecular complexity index is 1050. The van der Waals surface area contributed by atoms with E-state index in [0.29, 0.717) is 55.0 Å². The molecule has 0 aliphatic carbocycles. The predicted octanol–water partition coefficient (Wildman–Crippen LogP) is 3.09. The van der Waals surface area contributed by atoms with Crippen molar-refractivity contribution in [3.05, 3.63) is 53.8 Å². The Kier molecular flexibility index (Phi) is 8.95. The van der Waals surface area contributed by atoms with Crippen LogP contribution < -0.4 is 14.8 Å². The lowest BCUT2D eigenvalue weighted by molar-refractivity contribution is -0.0224. The highest BCUT2D eigenvalue weighted by Gasteiger charge is 2.27. The Morgan fingerprint density at radius 1 is 1.03 bits per heavy atom. The van der Waals surface area contributed by atoms with Gasteiger partial charge in [0.2, 0.25) is 0 Å². The van der Waals surface area contributed by atoms with E-state index in [-0.39, 0.29) is 17.8 Å². The molecule has 2 aliphatic rings.